The lowest BCUT2D eigenvalue weighted by Gasteiger charge is -2.31. The van der Waals surface area contributed by atoms with Gasteiger partial charge in [-0.2, -0.15) is 0 Å². The van der Waals surface area contributed by atoms with Crippen molar-refractivity contribution in [3.63, 3.8) is 0 Å². The number of ether oxygens (including phenoxy) is 2. The molecule has 2 aromatic heterocycles. The average molecular weight is 289 g/mol. The van der Waals surface area contributed by atoms with Crippen LogP contribution in [0.15, 0.2) is 30.6 Å². The summed E-state index contributed by atoms with van der Waals surface area (Å²) in [5.41, 5.74) is 1.98. The number of morpholine rings is 1. The van der Waals surface area contributed by atoms with Gasteiger partial charge in [0.25, 0.3) is 0 Å². The number of hydrogen-bond acceptors (Lipinski definition) is 5. The van der Waals surface area contributed by atoms with Gasteiger partial charge < -0.3 is 13.9 Å². The zero-order valence-corrected chi connectivity index (χ0v) is 12.1. The van der Waals surface area contributed by atoms with Gasteiger partial charge in [0, 0.05) is 32.0 Å². The summed E-state index contributed by atoms with van der Waals surface area (Å²) in [5, 5.41) is 0. The maximum atomic E-state index is 11.3. The van der Waals surface area contributed by atoms with Crippen molar-refractivity contribution in [1.82, 2.24) is 14.3 Å². The van der Waals surface area contributed by atoms with E-state index in [-0.39, 0.29) is 12.1 Å². The first-order valence-electron chi connectivity index (χ1n) is 7.08. The zero-order chi connectivity index (χ0) is 14.7. The molecule has 0 N–H and O–H groups in total. The van der Waals surface area contributed by atoms with Gasteiger partial charge in [-0.3, -0.25) is 9.69 Å². The van der Waals surface area contributed by atoms with Crippen molar-refractivity contribution in [2.45, 2.75) is 19.1 Å². The van der Waals surface area contributed by atoms with Crippen molar-refractivity contribution in [3.05, 3.63) is 36.3 Å². The van der Waals surface area contributed by atoms with E-state index in [0.717, 1.165) is 31.0 Å². The zero-order valence-electron chi connectivity index (χ0n) is 12.1. The quantitative estimate of drug-likeness (QED) is 0.789. The van der Waals surface area contributed by atoms with Crippen LogP contribution in [0, 0.1) is 0 Å². The summed E-state index contributed by atoms with van der Waals surface area (Å²) in [6.07, 6.45) is 4.24. The molecule has 112 valence electrons. The van der Waals surface area contributed by atoms with Crippen LogP contribution in [-0.4, -0.2) is 53.2 Å². The second-order valence-electron chi connectivity index (χ2n) is 5.21. The number of esters is 1. The Morgan fingerprint density at radius 3 is 3.24 bits per heavy atom. The first-order chi connectivity index (χ1) is 10.2. The molecule has 1 unspecified atom stereocenters. The van der Waals surface area contributed by atoms with Crippen molar-refractivity contribution in [3.8, 4) is 0 Å². The predicted octanol–water partition coefficient (Wildman–Crippen LogP) is 1.10. The molecular formula is C15H19N3O3. The lowest BCUT2D eigenvalue weighted by Crippen LogP contribution is -2.42. The Morgan fingerprint density at radius 1 is 1.52 bits per heavy atom. The maximum absolute atomic E-state index is 11.3. The molecule has 21 heavy (non-hydrogen) atoms. The smallest absolute Gasteiger partial charge is 0.308 e. The summed E-state index contributed by atoms with van der Waals surface area (Å²) >= 11 is 0. The van der Waals surface area contributed by atoms with Crippen molar-refractivity contribution in [2.24, 2.45) is 0 Å². The van der Waals surface area contributed by atoms with Crippen LogP contribution in [0.5, 0.6) is 0 Å². The monoisotopic (exact) mass is 289 g/mol. The molecule has 0 aliphatic carbocycles. The minimum atomic E-state index is -0.227. The van der Waals surface area contributed by atoms with Gasteiger partial charge in [0.15, 0.2) is 0 Å². The van der Waals surface area contributed by atoms with Gasteiger partial charge in [-0.1, -0.05) is 6.07 Å². The number of imidazole rings is 1. The topological polar surface area (TPSA) is 56.1 Å². The second kappa shape index (κ2) is 6.24. The first kappa shape index (κ1) is 14.0. The molecule has 0 saturated carbocycles. The Labute approximate surface area is 123 Å². The molecule has 0 radical (unpaired) electrons. The van der Waals surface area contributed by atoms with Gasteiger partial charge >= 0.3 is 5.97 Å². The van der Waals surface area contributed by atoms with Crippen molar-refractivity contribution < 1.29 is 14.3 Å². The summed E-state index contributed by atoms with van der Waals surface area (Å²) in [7, 11) is 1.40. The summed E-state index contributed by atoms with van der Waals surface area (Å²) in [4.78, 5) is 18.2. The lowest BCUT2D eigenvalue weighted by atomic mass is 10.2. The highest BCUT2D eigenvalue weighted by atomic mass is 16.5. The Morgan fingerprint density at radius 2 is 2.43 bits per heavy atom. The van der Waals surface area contributed by atoms with Gasteiger partial charge in [-0.05, 0) is 12.1 Å². The number of aromatic nitrogens is 2. The third-order valence-electron chi connectivity index (χ3n) is 3.64. The standard InChI is InChI=1S/C15H19N3O3/c1-20-15(19)8-13-11-17(6-7-21-13)9-12-10-18-5-3-2-4-14(18)16-12/h2-5,10,13H,6-9,11H2,1H3. The lowest BCUT2D eigenvalue weighted by molar-refractivity contribution is -0.145. The van der Waals surface area contributed by atoms with Crippen molar-refractivity contribution in [1.29, 1.82) is 0 Å². The van der Waals surface area contributed by atoms with Crippen LogP contribution >= 0.6 is 0 Å². The number of nitrogens with zero attached hydrogens (tertiary/aromatic N) is 3. The van der Waals surface area contributed by atoms with Crippen LogP contribution in [0.4, 0.5) is 0 Å². The van der Waals surface area contributed by atoms with Gasteiger partial charge in [0.05, 0.1) is 31.9 Å². The molecule has 6 heteroatoms. The summed E-state index contributed by atoms with van der Waals surface area (Å²) in [6.45, 7) is 2.98. The number of carbonyl (C=O) groups excluding carboxylic acids is 1. The summed E-state index contributed by atoms with van der Waals surface area (Å²) < 4.78 is 12.3. The van der Waals surface area contributed by atoms with Crippen LogP contribution in [0.2, 0.25) is 0 Å². The number of pyridine rings is 1. The third kappa shape index (κ3) is 3.40. The predicted molar refractivity (Wildman–Crippen MR) is 76.8 cm³/mol. The number of hydrogen-bond donors (Lipinski definition) is 0. The molecule has 0 bridgehead atoms. The average Bonchev–Trinajstić information content (AvgIpc) is 2.89. The van der Waals surface area contributed by atoms with E-state index in [1.54, 1.807) is 0 Å². The van der Waals surface area contributed by atoms with E-state index < -0.39 is 0 Å². The van der Waals surface area contributed by atoms with E-state index in [1.807, 2.05) is 35.0 Å². The maximum Gasteiger partial charge on any atom is 0.308 e. The SMILES string of the molecule is COC(=O)CC1CN(Cc2cn3ccccc3n2)CCO1. The van der Waals surface area contributed by atoms with Crippen LogP contribution in [-0.2, 0) is 20.8 Å². The Bertz CT molecular complexity index is 592. The van der Waals surface area contributed by atoms with Crippen LogP contribution in [0.3, 0.4) is 0 Å². The fourth-order valence-electron chi connectivity index (χ4n) is 2.61. The molecule has 1 atom stereocenters. The second-order valence-corrected chi connectivity index (χ2v) is 5.21. The van der Waals surface area contributed by atoms with E-state index >= 15 is 0 Å². The van der Waals surface area contributed by atoms with Crippen molar-refractivity contribution >= 4 is 11.6 Å². The fraction of sp³-hybridized carbons (Fsp3) is 0.467. The van der Waals surface area contributed by atoms with E-state index in [9.17, 15) is 4.79 Å². The Hall–Kier alpha value is -1.92. The highest BCUT2D eigenvalue weighted by Crippen LogP contribution is 2.13. The number of fused-ring (bicyclic) bond motifs is 1. The van der Waals surface area contributed by atoms with Gasteiger partial charge in [0.2, 0.25) is 0 Å². The van der Waals surface area contributed by atoms with Crippen LogP contribution in [0.1, 0.15) is 12.1 Å². The largest absolute Gasteiger partial charge is 0.469 e. The van der Waals surface area contributed by atoms with E-state index in [2.05, 4.69) is 9.88 Å². The molecule has 2 aromatic rings. The molecule has 0 spiro atoms. The fourth-order valence-corrected chi connectivity index (χ4v) is 2.61. The summed E-state index contributed by atoms with van der Waals surface area (Å²) in [6, 6.07) is 5.95. The van der Waals surface area contributed by atoms with Crippen LogP contribution in [0.25, 0.3) is 5.65 Å². The minimum absolute atomic E-state index is 0.0942. The Balaban J connectivity index is 1.62. The van der Waals surface area contributed by atoms with Crippen molar-refractivity contribution in [2.75, 3.05) is 26.8 Å². The normalized spacial score (nSPS) is 19.8. The molecule has 0 amide bonds. The van der Waals surface area contributed by atoms with Crippen LogP contribution < -0.4 is 0 Å². The van der Waals surface area contributed by atoms with Gasteiger partial charge in [-0.15, -0.1) is 0 Å². The molecule has 1 aliphatic heterocycles. The van der Waals surface area contributed by atoms with E-state index in [0.29, 0.717) is 13.0 Å². The molecule has 6 nitrogen and oxygen atoms in total. The Kier molecular flexibility index (Phi) is 4.17. The first-order valence-corrected chi connectivity index (χ1v) is 7.08. The van der Waals surface area contributed by atoms with E-state index in [1.165, 1.54) is 7.11 Å². The van der Waals surface area contributed by atoms with Gasteiger partial charge in [-0.25, -0.2) is 4.98 Å². The van der Waals surface area contributed by atoms with E-state index in [4.69, 9.17) is 9.47 Å². The summed E-state index contributed by atoms with van der Waals surface area (Å²) in [5.74, 6) is -0.227. The number of carbonyl (C=O) groups is 1. The molecule has 1 fully saturated rings. The minimum Gasteiger partial charge on any atom is -0.469 e. The molecular weight excluding hydrogens is 270 g/mol. The molecule has 3 heterocycles. The third-order valence-corrected chi connectivity index (χ3v) is 3.64. The highest BCUT2D eigenvalue weighted by molar-refractivity contribution is 5.69. The highest BCUT2D eigenvalue weighted by Gasteiger charge is 2.23. The molecule has 3 rings (SSSR count). The number of rotatable bonds is 4. The number of methoxy groups -OCH3 is 1. The molecule has 0 aromatic carbocycles. The molecule has 1 aliphatic rings. The molecule has 1 saturated heterocycles. The van der Waals surface area contributed by atoms with Gasteiger partial charge in [0.1, 0.15) is 5.65 Å².